The van der Waals surface area contributed by atoms with Crippen molar-refractivity contribution in [3.05, 3.63) is 35.4 Å². The normalized spacial score (nSPS) is 13.0. The van der Waals surface area contributed by atoms with E-state index in [9.17, 15) is 0 Å². The molecule has 1 rings (SSSR count). The third kappa shape index (κ3) is 2.05. The molecule has 1 nitrogen and oxygen atoms in total. The molecule has 0 radical (unpaired) electrons. The topological polar surface area (TPSA) is 27.6 Å². The minimum absolute atomic E-state index is 0.454. The highest BCUT2D eigenvalue weighted by Crippen LogP contribution is 2.11. The fourth-order valence-corrected chi connectivity index (χ4v) is 1.07. The maximum Gasteiger partial charge on any atom is 0.110 e. The van der Waals surface area contributed by atoms with Gasteiger partial charge in [0.2, 0.25) is 0 Å². The third-order valence-electron chi connectivity index (χ3n) is 2.04. The van der Waals surface area contributed by atoms with Crippen LogP contribution in [0.1, 0.15) is 30.5 Å². The average molecular weight is 150 g/mol. The summed E-state index contributed by atoms with van der Waals surface area (Å²) in [5, 5.41) is 0. The lowest BCUT2D eigenvalue weighted by atomic mass is 10.0. The second-order valence-electron chi connectivity index (χ2n) is 3.02. The van der Waals surface area contributed by atoms with Gasteiger partial charge in [0.1, 0.15) is 6.04 Å². The van der Waals surface area contributed by atoms with E-state index in [4.69, 9.17) is 0 Å². The fraction of sp³-hybridized carbons (Fsp3) is 0.400. The molecule has 0 spiro atoms. The van der Waals surface area contributed by atoms with Gasteiger partial charge >= 0.3 is 0 Å². The number of aryl methyl sites for hydroxylation is 1. The molecule has 1 heteroatoms. The van der Waals surface area contributed by atoms with Crippen molar-refractivity contribution in [2.75, 3.05) is 0 Å². The van der Waals surface area contributed by atoms with Crippen LogP contribution in [0.2, 0.25) is 0 Å². The monoisotopic (exact) mass is 150 g/mol. The van der Waals surface area contributed by atoms with Crippen LogP contribution >= 0.6 is 0 Å². The molecule has 0 amide bonds. The van der Waals surface area contributed by atoms with E-state index in [0.29, 0.717) is 6.04 Å². The van der Waals surface area contributed by atoms with Gasteiger partial charge in [0, 0.05) is 12.0 Å². The molecule has 1 aromatic rings. The van der Waals surface area contributed by atoms with Crippen LogP contribution < -0.4 is 5.73 Å². The van der Waals surface area contributed by atoms with Crippen molar-refractivity contribution in [2.24, 2.45) is 0 Å². The smallest absolute Gasteiger partial charge is 0.110 e. The van der Waals surface area contributed by atoms with Gasteiger partial charge in [-0.1, -0.05) is 36.8 Å². The summed E-state index contributed by atoms with van der Waals surface area (Å²) in [6.07, 6.45) is 1.11. The number of hydrogen-bond acceptors (Lipinski definition) is 0. The Kier molecular flexibility index (Phi) is 2.66. The van der Waals surface area contributed by atoms with Crippen LogP contribution in [0.25, 0.3) is 0 Å². The highest BCUT2D eigenvalue weighted by molar-refractivity contribution is 5.22. The van der Waals surface area contributed by atoms with Crippen molar-refractivity contribution in [1.82, 2.24) is 0 Å². The van der Waals surface area contributed by atoms with E-state index >= 15 is 0 Å². The minimum Gasteiger partial charge on any atom is -0.351 e. The van der Waals surface area contributed by atoms with Gasteiger partial charge in [-0.2, -0.15) is 0 Å². The van der Waals surface area contributed by atoms with Crippen molar-refractivity contribution < 1.29 is 5.73 Å². The molecule has 0 aromatic heterocycles. The predicted molar refractivity (Wildman–Crippen MR) is 47.1 cm³/mol. The molecule has 60 valence electrons. The maximum absolute atomic E-state index is 4.06. The summed E-state index contributed by atoms with van der Waals surface area (Å²) in [7, 11) is 0. The van der Waals surface area contributed by atoms with Crippen molar-refractivity contribution >= 4 is 0 Å². The number of quaternary nitrogens is 1. The van der Waals surface area contributed by atoms with E-state index in [2.05, 4.69) is 43.8 Å². The van der Waals surface area contributed by atoms with Crippen LogP contribution in [0.15, 0.2) is 24.3 Å². The van der Waals surface area contributed by atoms with Crippen molar-refractivity contribution in [1.29, 1.82) is 0 Å². The molecule has 1 atom stereocenters. The average Bonchev–Trinajstić information content (AvgIpc) is 2.05. The van der Waals surface area contributed by atoms with Crippen molar-refractivity contribution in [3.8, 4) is 0 Å². The molecule has 11 heavy (non-hydrogen) atoms. The Bertz CT molecular complexity index is 213. The maximum atomic E-state index is 4.06. The molecular weight excluding hydrogens is 134 g/mol. The molecule has 0 saturated carbocycles. The Morgan fingerprint density at radius 1 is 1.27 bits per heavy atom. The summed E-state index contributed by atoms with van der Waals surface area (Å²) in [4.78, 5) is 0. The molecule has 0 fully saturated rings. The van der Waals surface area contributed by atoms with E-state index in [1.165, 1.54) is 11.1 Å². The first-order chi connectivity index (χ1) is 5.24. The molecule has 0 bridgehead atoms. The summed E-state index contributed by atoms with van der Waals surface area (Å²) in [6, 6.07) is 9.06. The first-order valence-corrected chi connectivity index (χ1v) is 4.13. The second-order valence-corrected chi connectivity index (χ2v) is 3.02. The molecule has 1 aromatic carbocycles. The zero-order valence-corrected chi connectivity index (χ0v) is 7.30. The second kappa shape index (κ2) is 3.54. The Morgan fingerprint density at radius 3 is 2.27 bits per heavy atom. The molecule has 3 N–H and O–H groups in total. The van der Waals surface area contributed by atoms with Gasteiger partial charge < -0.3 is 5.73 Å². The predicted octanol–water partition coefficient (Wildman–Crippen LogP) is 1.69. The van der Waals surface area contributed by atoms with Crippen LogP contribution in [0.4, 0.5) is 0 Å². The van der Waals surface area contributed by atoms with Gasteiger partial charge in [-0.3, -0.25) is 0 Å². The van der Waals surface area contributed by atoms with Crippen molar-refractivity contribution in [3.63, 3.8) is 0 Å². The highest BCUT2D eigenvalue weighted by Gasteiger charge is 2.04. The lowest BCUT2D eigenvalue weighted by molar-refractivity contribution is -0.427. The van der Waals surface area contributed by atoms with Crippen LogP contribution in [0.5, 0.6) is 0 Å². The van der Waals surface area contributed by atoms with Crippen LogP contribution in [-0.4, -0.2) is 0 Å². The summed E-state index contributed by atoms with van der Waals surface area (Å²) < 4.78 is 0. The van der Waals surface area contributed by atoms with E-state index in [-0.39, 0.29) is 0 Å². The van der Waals surface area contributed by atoms with Gasteiger partial charge in [-0.05, 0) is 6.92 Å². The van der Waals surface area contributed by atoms with E-state index < -0.39 is 0 Å². The number of benzene rings is 1. The van der Waals surface area contributed by atoms with Gasteiger partial charge in [0.15, 0.2) is 0 Å². The molecule has 0 unspecified atom stereocenters. The Morgan fingerprint density at radius 2 is 1.82 bits per heavy atom. The summed E-state index contributed by atoms with van der Waals surface area (Å²) >= 11 is 0. The van der Waals surface area contributed by atoms with Gasteiger partial charge in [-0.25, -0.2) is 0 Å². The quantitative estimate of drug-likeness (QED) is 0.664. The minimum atomic E-state index is 0.454. The van der Waals surface area contributed by atoms with Crippen LogP contribution in [0.3, 0.4) is 0 Å². The summed E-state index contributed by atoms with van der Waals surface area (Å²) in [6.45, 7) is 4.27. The zero-order chi connectivity index (χ0) is 8.27. The molecule has 0 saturated heterocycles. The Balaban J connectivity index is 2.81. The SMILES string of the molecule is CC[C@@H]([NH3+])c1ccc(C)cc1. The molecule has 0 aliphatic carbocycles. The van der Waals surface area contributed by atoms with E-state index in [0.717, 1.165) is 6.42 Å². The molecule has 0 heterocycles. The van der Waals surface area contributed by atoms with Gasteiger partial charge in [0.25, 0.3) is 0 Å². The van der Waals surface area contributed by atoms with Crippen LogP contribution in [-0.2, 0) is 0 Å². The van der Waals surface area contributed by atoms with E-state index in [1.54, 1.807) is 0 Å². The van der Waals surface area contributed by atoms with Crippen molar-refractivity contribution in [2.45, 2.75) is 26.3 Å². The van der Waals surface area contributed by atoms with Gasteiger partial charge in [-0.15, -0.1) is 0 Å². The lowest BCUT2D eigenvalue weighted by Crippen LogP contribution is -2.53. The largest absolute Gasteiger partial charge is 0.351 e. The Labute approximate surface area is 68.2 Å². The molecule has 0 aliphatic heterocycles. The first-order valence-electron chi connectivity index (χ1n) is 4.13. The summed E-state index contributed by atoms with van der Waals surface area (Å²) in [5.41, 5.74) is 6.72. The third-order valence-corrected chi connectivity index (χ3v) is 2.04. The zero-order valence-electron chi connectivity index (χ0n) is 7.30. The number of rotatable bonds is 2. The molecular formula is C10H16N+. The fourth-order valence-electron chi connectivity index (χ4n) is 1.07. The highest BCUT2D eigenvalue weighted by atomic mass is 14.6. The summed E-state index contributed by atoms with van der Waals surface area (Å²) in [5.74, 6) is 0. The standard InChI is InChI=1S/C10H15N/c1-3-10(11)9-6-4-8(2)5-7-9/h4-7,10H,3,11H2,1-2H3/p+1/t10-/m1/s1. The van der Waals surface area contributed by atoms with E-state index in [1.807, 2.05) is 0 Å². The van der Waals surface area contributed by atoms with Gasteiger partial charge in [0.05, 0.1) is 0 Å². The van der Waals surface area contributed by atoms with Crippen LogP contribution in [0, 0.1) is 6.92 Å². The molecule has 0 aliphatic rings. The first kappa shape index (κ1) is 8.28. The Hall–Kier alpha value is -0.820. The lowest BCUT2D eigenvalue weighted by Gasteiger charge is -2.04. The number of hydrogen-bond donors (Lipinski definition) is 1.